The molecule has 0 aliphatic carbocycles. The third-order valence-electron chi connectivity index (χ3n) is 1.40. The first kappa shape index (κ1) is 9.28. The van der Waals surface area contributed by atoms with Crippen LogP contribution in [0.3, 0.4) is 0 Å². The van der Waals surface area contributed by atoms with Crippen LogP contribution in [0.2, 0.25) is 0 Å². The van der Waals surface area contributed by atoms with Crippen LogP contribution in [0.1, 0.15) is 25.7 Å². The predicted octanol–water partition coefficient (Wildman–Crippen LogP) is 2.89. The summed E-state index contributed by atoms with van der Waals surface area (Å²) in [6, 6.07) is 0. The second kappa shape index (κ2) is 6.40. The highest BCUT2D eigenvalue weighted by Gasteiger charge is 1.90. The zero-order chi connectivity index (χ0) is 7.82. The zero-order valence-electron chi connectivity index (χ0n) is 6.73. The Morgan fingerprint density at radius 1 is 1.50 bits per heavy atom. The van der Waals surface area contributed by atoms with Crippen molar-refractivity contribution in [1.29, 1.82) is 0 Å². The molecule has 10 heavy (non-hydrogen) atoms. The number of ether oxygens (including phenoxy) is 1. The fourth-order valence-corrected chi connectivity index (χ4v) is 0.713. The van der Waals surface area contributed by atoms with Crippen LogP contribution in [0.5, 0.6) is 0 Å². The molecule has 0 fully saturated rings. The molecule has 0 aromatic carbocycles. The van der Waals surface area contributed by atoms with E-state index in [1.165, 1.54) is 6.42 Å². The zero-order valence-corrected chi connectivity index (χ0v) is 6.73. The van der Waals surface area contributed by atoms with Crippen LogP contribution in [-0.4, -0.2) is 7.11 Å². The second-order valence-electron chi connectivity index (χ2n) is 2.28. The van der Waals surface area contributed by atoms with E-state index in [0.29, 0.717) is 0 Å². The van der Waals surface area contributed by atoms with Crippen LogP contribution < -0.4 is 0 Å². The maximum absolute atomic E-state index is 4.91. The molecule has 58 valence electrons. The van der Waals surface area contributed by atoms with E-state index in [-0.39, 0.29) is 0 Å². The van der Waals surface area contributed by atoms with Crippen LogP contribution in [0.15, 0.2) is 25.0 Å². The summed E-state index contributed by atoms with van der Waals surface area (Å²) in [5.41, 5.74) is 0. The summed E-state index contributed by atoms with van der Waals surface area (Å²) >= 11 is 0. The van der Waals surface area contributed by atoms with Gasteiger partial charge in [-0.15, -0.1) is 6.58 Å². The maximum Gasteiger partial charge on any atom is 0.0883 e. The lowest BCUT2D eigenvalue weighted by molar-refractivity contribution is 0.276. The van der Waals surface area contributed by atoms with Crippen LogP contribution in [0, 0.1) is 0 Å². The third-order valence-corrected chi connectivity index (χ3v) is 1.40. The molecule has 0 N–H and O–H groups in total. The van der Waals surface area contributed by atoms with Gasteiger partial charge >= 0.3 is 0 Å². The van der Waals surface area contributed by atoms with Gasteiger partial charge < -0.3 is 4.74 Å². The van der Waals surface area contributed by atoms with Gasteiger partial charge in [0.05, 0.1) is 12.9 Å². The summed E-state index contributed by atoms with van der Waals surface area (Å²) in [6.45, 7) is 7.37. The molecule has 0 unspecified atom stereocenters. The van der Waals surface area contributed by atoms with E-state index in [4.69, 9.17) is 4.74 Å². The SMILES string of the molecule is C=CCCCCC(=C)OC. The van der Waals surface area contributed by atoms with Crippen molar-refractivity contribution in [2.24, 2.45) is 0 Å². The minimum atomic E-state index is 0.879. The Kier molecular flexibility index (Phi) is 5.94. The van der Waals surface area contributed by atoms with Crippen LogP contribution in [0.25, 0.3) is 0 Å². The molecule has 0 amide bonds. The van der Waals surface area contributed by atoms with E-state index >= 15 is 0 Å². The van der Waals surface area contributed by atoms with Crippen molar-refractivity contribution in [3.05, 3.63) is 25.0 Å². The minimum Gasteiger partial charge on any atom is -0.502 e. The van der Waals surface area contributed by atoms with E-state index in [1.54, 1.807) is 7.11 Å². The second-order valence-corrected chi connectivity index (χ2v) is 2.28. The Morgan fingerprint density at radius 2 is 2.20 bits per heavy atom. The number of rotatable bonds is 6. The molecule has 0 saturated carbocycles. The molecule has 1 nitrogen and oxygen atoms in total. The lowest BCUT2D eigenvalue weighted by Crippen LogP contribution is -1.84. The van der Waals surface area contributed by atoms with Crippen LogP contribution in [0.4, 0.5) is 0 Å². The Labute approximate surface area is 63.4 Å². The summed E-state index contributed by atoms with van der Waals surface area (Å²) in [5.74, 6) is 0.879. The van der Waals surface area contributed by atoms with Crippen LogP contribution in [-0.2, 0) is 4.74 Å². The number of hydrogen-bond acceptors (Lipinski definition) is 1. The van der Waals surface area contributed by atoms with Gasteiger partial charge in [-0.1, -0.05) is 12.7 Å². The summed E-state index contributed by atoms with van der Waals surface area (Å²) in [6.07, 6.45) is 6.35. The van der Waals surface area contributed by atoms with Gasteiger partial charge in [0.1, 0.15) is 0 Å². The highest BCUT2D eigenvalue weighted by molar-refractivity contribution is 4.81. The predicted molar refractivity (Wildman–Crippen MR) is 44.8 cm³/mol. The minimum absolute atomic E-state index is 0.879. The van der Waals surface area contributed by atoms with Gasteiger partial charge in [0.2, 0.25) is 0 Å². The van der Waals surface area contributed by atoms with E-state index in [2.05, 4.69) is 13.2 Å². The first-order valence-electron chi connectivity index (χ1n) is 3.64. The smallest absolute Gasteiger partial charge is 0.0883 e. The molecule has 0 aromatic heterocycles. The van der Waals surface area contributed by atoms with Gasteiger partial charge in [-0.3, -0.25) is 0 Å². The summed E-state index contributed by atoms with van der Waals surface area (Å²) in [5, 5.41) is 0. The molecule has 0 rings (SSSR count). The Morgan fingerprint density at radius 3 is 2.70 bits per heavy atom. The first-order chi connectivity index (χ1) is 4.81. The Bertz CT molecular complexity index is 105. The normalized spacial score (nSPS) is 8.90. The van der Waals surface area contributed by atoms with Gasteiger partial charge in [0.15, 0.2) is 0 Å². The summed E-state index contributed by atoms with van der Waals surface area (Å²) in [7, 11) is 1.66. The maximum atomic E-state index is 4.91. The van der Waals surface area contributed by atoms with Crippen molar-refractivity contribution >= 4 is 0 Å². The number of unbranched alkanes of at least 4 members (excludes halogenated alkanes) is 2. The monoisotopic (exact) mass is 140 g/mol. The van der Waals surface area contributed by atoms with Gasteiger partial charge in [-0.05, 0) is 19.3 Å². The lowest BCUT2D eigenvalue weighted by Gasteiger charge is -2.01. The molecule has 0 radical (unpaired) electrons. The fourth-order valence-electron chi connectivity index (χ4n) is 0.713. The van der Waals surface area contributed by atoms with Crippen molar-refractivity contribution in [2.45, 2.75) is 25.7 Å². The molecule has 0 heterocycles. The first-order valence-corrected chi connectivity index (χ1v) is 3.64. The molecular formula is C9H16O. The average molecular weight is 140 g/mol. The van der Waals surface area contributed by atoms with Gasteiger partial charge in [-0.2, -0.15) is 0 Å². The Balaban J connectivity index is 3.03. The quantitative estimate of drug-likeness (QED) is 0.313. The molecule has 1 heteroatoms. The van der Waals surface area contributed by atoms with Crippen molar-refractivity contribution in [3.8, 4) is 0 Å². The molecular weight excluding hydrogens is 124 g/mol. The van der Waals surface area contributed by atoms with E-state index < -0.39 is 0 Å². The number of methoxy groups -OCH3 is 1. The highest BCUT2D eigenvalue weighted by Crippen LogP contribution is 2.06. The van der Waals surface area contributed by atoms with Gasteiger partial charge in [0.25, 0.3) is 0 Å². The molecule has 0 atom stereocenters. The largest absolute Gasteiger partial charge is 0.502 e. The summed E-state index contributed by atoms with van der Waals surface area (Å²) < 4.78 is 4.91. The van der Waals surface area contributed by atoms with Crippen molar-refractivity contribution in [1.82, 2.24) is 0 Å². The molecule has 0 spiro atoms. The van der Waals surface area contributed by atoms with Crippen LogP contribution >= 0.6 is 0 Å². The highest BCUT2D eigenvalue weighted by atomic mass is 16.5. The lowest BCUT2D eigenvalue weighted by atomic mass is 10.2. The fraction of sp³-hybridized carbons (Fsp3) is 0.556. The van der Waals surface area contributed by atoms with E-state index in [9.17, 15) is 0 Å². The number of allylic oxidation sites excluding steroid dienone is 2. The molecule has 0 aromatic rings. The van der Waals surface area contributed by atoms with E-state index in [1.807, 2.05) is 6.08 Å². The van der Waals surface area contributed by atoms with Crippen molar-refractivity contribution in [2.75, 3.05) is 7.11 Å². The summed E-state index contributed by atoms with van der Waals surface area (Å²) in [4.78, 5) is 0. The topological polar surface area (TPSA) is 9.23 Å². The Hall–Kier alpha value is -0.720. The molecule has 0 aliphatic heterocycles. The standard InChI is InChI=1S/C9H16O/c1-4-5-6-7-8-9(2)10-3/h4H,1-2,5-8H2,3H3. The van der Waals surface area contributed by atoms with Crippen molar-refractivity contribution in [3.63, 3.8) is 0 Å². The molecule has 0 aliphatic rings. The van der Waals surface area contributed by atoms with Gasteiger partial charge in [0, 0.05) is 6.42 Å². The van der Waals surface area contributed by atoms with E-state index in [0.717, 1.165) is 25.0 Å². The number of hydrogen-bond donors (Lipinski definition) is 0. The molecule has 0 saturated heterocycles. The third kappa shape index (κ3) is 5.42. The van der Waals surface area contributed by atoms with Crippen molar-refractivity contribution < 1.29 is 4.74 Å². The average Bonchev–Trinajstić information content (AvgIpc) is 1.98. The van der Waals surface area contributed by atoms with Gasteiger partial charge in [-0.25, -0.2) is 0 Å². The molecule has 0 bridgehead atoms.